The van der Waals surface area contributed by atoms with Gasteiger partial charge in [-0.2, -0.15) is 4.31 Å². The molecule has 1 amide bonds. The molecule has 0 fully saturated rings. The Kier molecular flexibility index (Phi) is 9.01. The van der Waals surface area contributed by atoms with Gasteiger partial charge >= 0.3 is 6.09 Å². The van der Waals surface area contributed by atoms with Crippen LogP contribution in [0.3, 0.4) is 0 Å². The van der Waals surface area contributed by atoms with Crippen molar-refractivity contribution in [3.63, 3.8) is 0 Å². The van der Waals surface area contributed by atoms with Gasteiger partial charge in [0.2, 0.25) is 0 Å². The number of hydrogen-bond donors (Lipinski definition) is 0. The van der Waals surface area contributed by atoms with E-state index in [0.29, 0.717) is 0 Å². The summed E-state index contributed by atoms with van der Waals surface area (Å²) in [5.41, 5.74) is -1.23. The van der Waals surface area contributed by atoms with Gasteiger partial charge < -0.3 is 9.16 Å². The van der Waals surface area contributed by atoms with Crippen molar-refractivity contribution in [1.29, 1.82) is 0 Å². The Bertz CT molecular complexity index is 1540. The van der Waals surface area contributed by atoms with Crippen LogP contribution in [0.15, 0.2) is 102 Å². The Hall–Kier alpha value is -3.80. The zero-order valence-corrected chi connectivity index (χ0v) is 27.1. The second-order valence-electron chi connectivity index (χ2n) is 12.5. The number of rotatable bonds is 8. The molecule has 0 bridgehead atoms. The minimum absolute atomic E-state index is 0.177. The molecular weight excluding hydrogens is 585 g/mol. The van der Waals surface area contributed by atoms with E-state index in [-0.39, 0.29) is 22.0 Å². The van der Waals surface area contributed by atoms with Crippen LogP contribution >= 0.6 is 0 Å². The molecular formula is C32H38N2O7SSi. The Morgan fingerprint density at radius 1 is 0.860 bits per heavy atom. The summed E-state index contributed by atoms with van der Waals surface area (Å²) in [6.07, 6.45) is 2.11. The second kappa shape index (κ2) is 12.1. The van der Waals surface area contributed by atoms with E-state index in [1.165, 1.54) is 0 Å². The third-order valence-electron chi connectivity index (χ3n) is 7.25. The molecule has 0 aromatic heterocycles. The van der Waals surface area contributed by atoms with Crippen LogP contribution in [0.4, 0.5) is 10.5 Å². The first kappa shape index (κ1) is 32.1. The maximum absolute atomic E-state index is 13.9. The van der Waals surface area contributed by atoms with Crippen molar-refractivity contribution in [2.45, 2.75) is 75.6 Å². The summed E-state index contributed by atoms with van der Waals surface area (Å²) >= 11 is 0. The van der Waals surface area contributed by atoms with Gasteiger partial charge in [-0.3, -0.25) is 10.1 Å². The average molecular weight is 623 g/mol. The van der Waals surface area contributed by atoms with E-state index in [1.54, 1.807) is 26.8 Å². The topological polar surface area (TPSA) is 116 Å². The molecule has 1 aliphatic carbocycles. The summed E-state index contributed by atoms with van der Waals surface area (Å²) in [5, 5.41) is 13.0. The van der Waals surface area contributed by atoms with Crippen LogP contribution < -0.4 is 10.4 Å². The highest BCUT2D eigenvalue weighted by molar-refractivity contribution is 7.89. The van der Waals surface area contributed by atoms with Gasteiger partial charge in [0.15, 0.2) is 0 Å². The molecule has 0 heterocycles. The molecule has 4 rings (SSSR count). The van der Waals surface area contributed by atoms with Crippen LogP contribution in [0.2, 0.25) is 5.04 Å². The third-order valence-corrected chi connectivity index (χ3v) is 14.1. The second-order valence-corrected chi connectivity index (χ2v) is 18.6. The number of ether oxygens (including phenoxy) is 1. The standard InChI is InChI=1S/C32H38N2O7SSi/c1-31(2,3)40-30(35)33(42(38,39)27-21-18-24(19-22-27)34(36)37)25-17-20-26(23-25)41-43(32(4,5)6,28-13-9-7-10-14-28)29-15-11-8-12-16-29/h7-22,25-26H,23H2,1-6H3/t25-,26-/m0/s1. The fraction of sp³-hybridized carbons (Fsp3) is 0.344. The minimum Gasteiger partial charge on any atom is -0.443 e. The number of nitro groups is 1. The van der Waals surface area contributed by atoms with Crippen LogP contribution in [0.1, 0.15) is 48.0 Å². The number of hydrogen-bond acceptors (Lipinski definition) is 7. The highest BCUT2D eigenvalue weighted by atomic mass is 32.2. The number of benzene rings is 3. The smallest absolute Gasteiger partial charge is 0.424 e. The van der Waals surface area contributed by atoms with Gasteiger partial charge in [-0.15, -0.1) is 0 Å². The van der Waals surface area contributed by atoms with E-state index in [0.717, 1.165) is 38.9 Å². The van der Waals surface area contributed by atoms with E-state index in [1.807, 2.05) is 42.5 Å². The van der Waals surface area contributed by atoms with Crippen LogP contribution in [0.5, 0.6) is 0 Å². The van der Waals surface area contributed by atoms with Crippen LogP contribution in [0, 0.1) is 10.1 Å². The van der Waals surface area contributed by atoms with Gasteiger partial charge in [-0.05, 0) is 48.3 Å². The van der Waals surface area contributed by atoms with E-state index >= 15 is 0 Å². The number of nitro benzene ring substituents is 1. The van der Waals surface area contributed by atoms with Crippen molar-refractivity contribution in [2.24, 2.45) is 0 Å². The Morgan fingerprint density at radius 3 is 1.81 bits per heavy atom. The Morgan fingerprint density at radius 2 is 1.37 bits per heavy atom. The number of non-ortho nitro benzene ring substituents is 1. The average Bonchev–Trinajstić information content (AvgIpc) is 3.38. The minimum atomic E-state index is -4.46. The first-order chi connectivity index (χ1) is 20.1. The van der Waals surface area contributed by atoms with Gasteiger partial charge in [0, 0.05) is 18.6 Å². The van der Waals surface area contributed by atoms with Crippen molar-refractivity contribution in [3.05, 3.63) is 107 Å². The predicted octanol–water partition coefficient (Wildman–Crippen LogP) is 5.79. The lowest BCUT2D eigenvalue weighted by molar-refractivity contribution is -0.384. The van der Waals surface area contributed by atoms with Crippen LogP contribution in [0.25, 0.3) is 0 Å². The fourth-order valence-corrected chi connectivity index (χ4v) is 11.5. The number of carbonyl (C=O) groups excluding carboxylic acids is 1. The first-order valence-corrected chi connectivity index (χ1v) is 17.4. The van der Waals surface area contributed by atoms with Crippen molar-refractivity contribution in [2.75, 3.05) is 0 Å². The summed E-state index contributed by atoms with van der Waals surface area (Å²) in [5.74, 6) is 0. The highest BCUT2D eigenvalue weighted by Gasteiger charge is 2.52. The summed E-state index contributed by atoms with van der Waals surface area (Å²) in [6, 6.07) is 23.7. The summed E-state index contributed by atoms with van der Waals surface area (Å²) in [7, 11) is -7.43. The molecule has 3 aromatic rings. The fourth-order valence-electron chi connectivity index (χ4n) is 5.40. The zero-order chi connectivity index (χ0) is 31.6. The van der Waals surface area contributed by atoms with Crippen LogP contribution in [-0.2, 0) is 19.2 Å². The molecule has 11 heteroatoms. The molecule has 2 atom stereocenters. The maximum Gasteiger partial charge on any atom is 0.424 e. The molecule has 3 aromatic carbocycles. The lowest BCUT2D eigenvalue weighted by atomic mass is 10.2. The molecule has 43 heavy (non-hydrogen) atoms. The monoisotopic (exact) mass is 622 g/mol. The van der Waals surface area contributed by atoms with E-state index in [4.69, 9.17) is 9.16 Å². The van der Waals surface area contributed by atoms with E-state index in [2.05, 4.69) is 45.0 Å². The van der Waals surface area contributed by atoms with E-state index in [9.17, 15) is 23.3 Å². The molecule has 9 nitrogen and oxygen atoms in total. The van der Waals surface area contributed by atoms with Gasteiger partial charge in [0.25, 0.3) is 24.0 Å². The molecule has 0 saturated carbocycles. The van der Waals surface area contributed by atoms with Gasteiger partial charge in [0.1, 0.15) is 5.60 Å². The molecule has 0 N–H and O–H groups in total. The number of sulfonamides is 1. The van der Waals surface area contributed by atoms with E-state index < -0.39 is 47.1 Å². The quantitative estimate of drug-likeness (QED) is 0.135. The SMILES string of the molecule is CC(C)(C)OC(=O)N([C@H]1C=C[C@H](O[Si](c2ccccc2)(c2ccccc2)C(C)(C)C)C1)S(=O)(=O)c1ccc([N+](=O)[O-])cc1. The summed E-state index contributed by atoms with van der Waals surface area (Å²) in [6.45, 7) is 11.4. The van der Waals surface area contributed by atoms with Crippen molar-refractivity contribution in [3.8, 4) is 0 Å². The van der Waals surface area contributed by atoms with Crippen molar-refractivity contribution < 1.29 is 27.3 Å². The highest BCUT2D eigenvalue weighted by Crippen LogP contribution is 2.39. The number of nitrogens with zero attached hydrogens (tertiary/aromatic N) is 2. The predicted molar refractivity (Wildman–Crippen MR) is 168 cm³/mol. The zero-order valence-electron chi connectivity index (χ0n) is 25.3. The van der Waals surface area contributed by atoms with Gasteiger partial charge in [-0.1, -0.05) is 93.6 Å². The molecule has 228 valence electrons. The van der Waals surface area contributed by atoms with Crippen molar-refractivity contribution >= 4 is 40.5 Å². The number of carbonyl (C=O) groups is 1. The molecule has 0 unspecified atom stereocenters. The molecule has 0 aliphatic heterocycles. The maximum atomic E-state index is 13.9. The van der Waals surface area contributed by atoms with Gasteiger partial charge in [-0.25, -0.2) is 13.2 Å². The lowest BCUT2D eigenvalue weighted by Crippen LogP contribution is -2.67. The lowest BCUT2D eigenvalue weighted by Gasteiger charge is -2.44. The third kappa shape index (κ3) is 6.74. The molecule has 0 saturated heterocycles. The van der Waals surface area contributed by atoms with Crippen molar-refractivity contribution in [1.82, 2.24) is 4.31 Å². The Labute approximate surface area is 254 Å². The molecule has 0 radical (unpaired) electrons. The van der Waals surface area contributed by atoms with Crippen LogP contribution in [-0.4, -0.2) is 49.8 Å². The first-order valence-electron chi connectivity index (χ1n) is 14.1. The van der Waals surface area contributed by atoms with Gasteiger partial charge in [0.05, 0.1) is 22.0 Å². The summed E-state index contributed by atoms with van der Waals surface area (Å²) < 4.78 is 41.3. The molecule has 1 aliphatic rings. The largest absolute Gasteiger partial charge is 0.443 e. The normalized spacial score (nSPS) is 17.4. The summed E-state index contributed by atoms with van der Waals surface area (Å²) in [4.78, 5) is 23.8. The number of amides is 1. The molecule has 0 spiro atoms. The Balaban J connectivity index is 1.74.